The Labute approximate surface area is 150 Å². The van der Waals surface area contributed by atoms with E-state index in [0.29, 0.717) is 13.0 Å². The Morgan fingerprint density at radius 3 is 2.48 bits per heavy atom. The monoisotopic (exact) mass is 340 g/mol. The van der Waals surface area contributed by atoms with E-state index in [1.807, 2.05) is 69.3 Å². The van der Waals surface area contributed by atoms with Crippen molar-refractivity contribution >= 4 is 11.6 Å². The van der Waals surface area contributed by atoms with Crippen molar-refractivity contribution in [2.24, 2.45) is 0 Å². The zero-order valence-electron chi connectivity index (χ0n) is 15.5. The van der Waals surface area contributed by atoms with Gasteiger partial charge in [0.1, 0.15) is 0 Å². The summed E-state index contributed by atoms with van der Waals surface area (Å²) in [6, 6.07) is 15.5. The lowest BCUT2D eigenvalue weighted by atomic mass is 9.95. The van der Waals surface area contributed by atoms with Crippen molar-refractivity contribution in [3.8, 4) is 0 Å². The zero-order valence-corrected chi connectivity index (χ0v) is 15.5. The van der Waals surface area contributed by atoms with Gasteiger partial charge in [0.2, 0.25) is 5.91 Å². The second kappa shape index (κ2) is 8.28. The lowest BCUT2D eigenvalue weighted by Crippen LogP contribution is -2.41. The molecule has 2 unspecified atom stereocenters. The Bertz CT molecular complexity index is 711. The molecule has 0 aliphatic carbocycles. The Hall–Kier alpha value is -2.17. The molecular formula is C21H28N2O2. The summed E-state index contributed by atoms with van der Waals surface area (Å²) in [6.07, 6.45) is 0.345. The maximum atomic E-state index is 12.2. The van der Waals surface area contributed by atoms with Crippen LogP contribution in [0.2, 0.25) is 0 Å². The number of hydrogen-bond donors (Lipinski definition) is 3. The quantitative estimate of drug-likeness (QED) is 0.723. The molecule has 2 aromatic carbocycles. The van der Waals surface area contributed by atoms with E-state index < -0.39 is 5.60 Å². The minimum Gasteiger partial charge on any atom is -0.384 e. The lowest BCUT2D eigenvalue weighted by Gasteiger charge is -2.26. The highest BCUT2D eigenvalue weighted by Gasteiger charge is 2.23. The number of benzene rings is 2. The van der Waals surface area contributed by atoms with E-state index in [1.165, 1.54) is 5.56 Å². The third-order valence-corrected chi connectivity index (χ3v) is 4.34. The van der Waals surface area contributed by atoms with Gasteiger partial charge in [-0.05, 0) is 44.9 Å². The van der Waals surface area contributed by atoms with Crippen LogP contribution < -0.4 is 10.6 Å². The Kier molecular flexibility index (Phi) is 6.34. The number of rotatable bonds is 7. The lowest BCUT2D eigenvalue weighted by molar-refractivity contribution is -0.116. The molecule has 0 heterocycles. The first-order valence-electron chi connectivity index (χ1n) is 8.66. The number of amides is 1. The summed E-state index contributed by atoms with van der Waals surface area (Å²) in [6.45, 7) is 8.13. The fraction of sp³-hybridized carbons (Fsp3) is 0.381. The van der Waals surface area contributed by atoms with E-state index in [4.69, 9.17) is 0 Å². The molecular weight excluding hydrogens is 312 g/mol. The molecule has 1 amide bonds. The number of anilines is 1. The van der Waals surface area contributed by atoms with Crippen molar-refractivity contribution in [2.45, 2.75) is 45.8 Å². The fourth-order valence-corrected chi connectivity index (χ4v) is 2.78. The van der Waals surface area contributed by atoms with Crippen molar-refractivity contribution in [1.82, 2.24) is 5.32 Å². The minimum absolute atomic E-state index is 0.0358. The summed E-state index contributed by atoms with van der Waals surface area (Å²) in [5, 5.41) is 16.8. The van der Waals surface area contributed by atoms with Crippen LogP contribution in [0.15, 0.2) is 48.5 Å². The fourth-order valence-electron chi connectivity index (χ4n) is 2.78. The third kappa shape index (κ3) is 5.69. The number of aryl methyl sites for hydroxylation is 2. The molecule has 3 N–H and O–H groups in total. The van der Waals surface area contributed by atoms with Gasteiger partial charge < -0.3 is 15.7 Å². The number of hydrogen-bond acceptors (Lipinski definition) is 3. The summed E-state index contributed by atoms with van der Waals surface area (Å²) in [7, 11) is 0. The van der Waals surface area contributed by atoms with Gasteiger partial charge in [-0.1, -0.05) is 48.0 Å². The molecule has 2 rings (SSSR count). The summed E-state index contributed by atoms with van der Waals surface area (Å²) in [5.74, 6) is -0.0358. The smallest absolute Gasteiger partial charge is 0.225 e. The molecule has 0 spiro atoms. The molecule has 0 aliphatic rings. The predicted molar refractivity (Wildman–Crippen MR) is 103 cm³/mol. The van der Waals surface area contributed by atoms with E-state index in [9.17, 15) is 9.90 Å². The molecule has 0 radical (unpaired) electrons. The predicted octanol–water partition coefficient (Wildman–Crippen LogP) is 3.52. The molecule has 0 fully saturated rings. The van der Waals surface area contributed by atoms with Crippen molar-refractivity contribution in [1.29, 1.82) is 0 Å². The van der Waals surface area contributed by atoms with Gasteiger partial charge in [-0.2, -0.15) is 0 Å². The topological polar surface area (TPSA) is 61.4 Å². The normalized spacial score (nSPS) is 14.6. The van der Waals surface area contributed by atoms with Gasteiger partial charge in [0.25, 0.3) is 0 Å². The van der Waals surface area contributed by atoms with Gasteiger partial charge in [0.15, 0.2) is 0 Å². The standard InChI is InChI=1S/C21H28N2O2/c1-15-10-11-19(16(2)12-15)23-20(24)13-17(3)22-14-21(4,25)18-8-6-5-7-9-18/h5-12,17,22,25H,13-14H2,1-4H3,(H,23,24). The number of carbonyl (C=O) groups excluding carboxylic acids is 1. The molecule has 25 heavy (non-hydrogen) atoms. The highest BCUT2D eigenvalue weighted by atomic mass is 16.3. The van der Waals surface area contributed by atoms with Crippen molar-refractivity contribution in [2.75, 3.05) is 11.9 Å². The number of aliphatic hydroxyl groups is 1. The van der Waals surface area contributed by atoms with E-state index in [2.05, 4.69) is 10.6 Å². The number of carbonyl (C=O) groups is 1. The van der Waals surface area contributed by atoms with Crippen LogP contribution in [0.25, 0.3) is 0 Å². The van der Waals surface area contributed by atoms with Gasteiger partial charge >= 0.3 is 0 Å². The van der Waals surface area contributed by atoms with E-state index in [1.54, 1.807) is 6.92 Å². The van der Waals surface area contributed by atoms with E-state index in [0.717, 1.165) is 16.8 Å². The van der Waals surface area contributed by atoms with Crippen molar-refractivity contribution in [3.63, 3.8) is 0 Å². The molecule has 2 atom stereocenters. The van der Waals surface area contributed by atoms with Gasteiger partial charge in [-0.25, -0.2) is 0 Å². The second-order valence-corrected chi connectivity index (χ2v) is 6.99. The molecule has 0 saturated heterocycles. The van der Waals surface area contributed by atoms with Gasteiger partial charge in [0.05, 0.1) is 5.60 Å². The molecule has 0 bridgehead atoms. The Balaban J connectivity index is 1.85. The maximum Gasteiger partial charge on any atom is 0.225 e. The van der Waals surface area contributed by atoms with Crippen LogP contribution in [0.1, 0.15) is 37.0 Å². The van der Waals surface area contributed by atoms with Crippen LogP contribution in [0.4, 0.5) is 5.69 Å². The van der Waals surface area contributed by atoms with E-state index >= 15 is 0 Å². The van der Waals surface area contributed by atoms with Crippen molar-refractivity contribution < 1.29 is 9.90 Å². The molecule has 4 nitrogen and oxygen atoms in total. The first kappa shape index (κ1) is 19.2. The number of nitrogens with one attached hydrogen (secondary N) is 2. The molecule has 2 aromatic rings. The van der Waals surface area contributed by atoms with Crippen LogP contribution in [0.3, 0.4) is 0 Å². The summed E-state index contributed by atoms with van der Waals surface area (Å²) >= 11 is 0. The average molecular weight is 340 g/mol. The first-order valence-corrected chi connectivity index (χ1v) is 8.66. The van der Waals surface area contributed by atoms with Crippen LogP contribution in [0.5, 0.6) is 0 Å². The summed E-state index contributed by atoms with van der Waals surface area (Å²) < 4.78 is 0. The highest BCUT2D eigenvalue weighted by Crippen LogP contribution is 2.19. The van der Waals surface area contributed by atoms with Crippen LogP contribution >= 0.6 is 0 Å². The molecule has 4 heteroatoms. The Morgan fingerprint density at radius 1 is 1.16 bits per heavy atom. The third-order valence-electron chi connectivity index (χ3n) is 4.34. The van der Waals surface area contributed by atoms with Crippen LogP contribution in [-0.2, 0) is 10.4 Å². The molecule has 0 saturated carbocycles. The summed E-state index contributed by atoms with van der Waals surface area (Å²) in [5.41, 5.74) is 2.96. The SMILES string of the molecule is Cc1ccc(NC(=O)CC(C)NCC(C)(O)c2ccccc2)c(C)c1. The molecule has 134 valence electrons. The van der Waals surface area contributed by atoms with E-state index in [-0.39, 0.29) is 11.9 Å². The van der Waals surface area contributed by atoms with Crippen LogP contribution in [-0.4, -0.2) is 23.6 Å². The largest absolute Gasteiger partial charge is 0.384 e. The molecule has 0 aliphatic heterocycles. The minimum atomic E-state index is -0.973. The maximum absolute atomic E-state index is 12.2. The summed E-state index contributed by atoms with van der Waals surface area (Å²) in [4.78, 5) is 12.2. The van der Waals surface area contributed by atoms with Gasteiger partial charge in [0, 0.05) is 24.7 Å². The van der Waals surface area contributed by atoms with Crippen molar-refractivity contribution in [3.05, 3.63) is 65.2 Å². The first-order chi connectivity index (χ1) is 11.8. The highest BCUT2D eigenvalue weighted by molar-refractivity contribution is 5.91. The zero-order chi connectivity index (χ0) is 18.4. The Morgan fingerprint density at radius 2 is 1.84 bits per heavy atom. The van der Waals surface area contributed by atoms with Gasteiger partial charge in [-0.15, -0.1) is 0 Å². The van der Waals surface area contributed by atoms with Crippen LogP contribution in [0, 0.1) is 13.8 Å². The second-order valence-electron chi connectivity index (χ2n) is 6.99. The van der Waals surface area contributed by atoms with Gasteiger partial charge in [-0.3, -0.25) is 4.79 Å². The average Bonchev–Trinajstić information content (AvgIpc) is 2.56. The molecule has 0 aromatic heterocycles.